The van der Waals surface area contributed by atoms with E-state index in [9.17, 15) is 18.0 Å². The number of nitrogens with one attached hydrogen (secondary N) is 1. The van der Waals surface area contributed by atoms with Crippen molar-refractivity contribution in [2.75, 3.05) is 29.6 Å². The first-order chi connectivity index (χ1) is 14.1. The highest BCUT2D eigenvalue weighted by molar-refractivity contribution is 7.88. The van der Waals surface area contributed by atoms with Gasteiger partial charge in [-0.3, -0.25) is 9.59 Å². The van der Waals surface area contributed by atoms with Gasteiger partial charge in [0.05, 0.1) is 12.8 Å². The van der Waals surface area contributed by atoms with Gasteiger partial charge < -0.3 is 10.2 Å². The normalized spacial score (nSPS) is 14.4. The van der Waals surface area contributed by atoms with E-state index in [0.29, 0.717) is 18.7 Å². The fourth-order valence-electron chi connectivity index (χ4n) is 3.43. The summed E-state index contributed by atoms with van der Waals surface area (Å²) < 4.78 is 25.5. The average Bonchev–Trinajstić information content (AvgIpc) is 3.09. The van der Waals surface area contributed by atoms with Crippen LogP contribution in [0.4, 0.5) is 11.4 Å². The monoisotopic (exact) mass is 429 g/mol. The Kier molecular flexibility index (Phi) is 6.58. The molecule has 0 spiro atoms. The van der Waals surface area contributed by atoms with Crippen LogP contribution in [0.15, 0.2) is 42.5 Å². The first-order valence-corrected chi connectivity index (χ1v) is 11.7. The van der Waals surface area contributed by atoms with Crippen LogP contribution in [0.2, 0.25) is 0 Å². The predicted molar refractivity (Wildman–Crippen MR) is 118 cm³/mol. The molecular formula is C22H27N3O4S. The molecule has 2 aromatic rings. The van der Waals surface area contributed by atoms with Gasteiger partial charge in [0.2, 0.25) is 21.8 Å². The largest absolute Gasteiger partial charge is 0.325 e. The zero-order valence-electron chi connectivity index (χ0n) is 17.5. The summed E-state index contributed by atoms with van der Waals surface area (Å²) >= 11 is 0. The summed E-state index contributed by atoms with van der Waals surface area (Å²) in [5.41, 5.74) is 4.14. The molecule has 0 saturated carbocycles. The number of carbonyl (C=O) groups excluding carboxylic acids is 2. The number of rotatable bonds is 7. The highest BCUT2D eigenvalue weighted by atomic mass is 32.2. The molecule has 1 saturated heterocycles. The minimum Gasteiger partial charge on any atom is -0.325 e. The van der Waals surface area contributed by atoms with Gasteiger partial charge in [-0.2, -0.15) is 4.31 Å². The molecule has 0 unspecified atom stereocenters. The number of carbonyl (C=O) groups is 2. The average molecular weight is 430 g/mol. The van der Waals surface area contributed by atoms with Gasteiger partial charge in [0.15, 0.2) is 0 Å². The SMILES string of the molecule is Cc1ccc(CN(CC(=O)Nc2ccc(C)c(N3CCCC3=O)c2)S(C)(=O)=O)cc1. The van der Waals surface area contributed by atoms with E-state index in [2.05, 4.69) is 5.32 Å². The molecule has 0 radical (unpaired) electrons. The molecule has 0 atom stereocenters. The molecule has 160 valence electrons. The summed E-state index contributed by atoms with van der Waals surface area (Å²) in [5.74, 6) is -0.363. The summed E-state index contributed by atoms with van der Waals surface area (Å²) in [4.78, 5) is 26.4. The Morgan fingerprint density at radius 1 is 1.13 bits per heavy atom. The van der Waals surface area contributed by atoms with E-state index in [0.717, 1.165) is 39.4 Å². The Morgan fingerprint density at radius 3 is 2.43 bits per heavy atom. The Morgan fingerprint density at radius 2 is 1.83 bits per heavy atom. The third-order valence-electron chi connectivity index (χ3n) is 5.13. The predicted octanol–water partition coefficient (Wildman–Crippen LogP) is 2.83. The molecule has 1 fully saturated rings. The van der Waals surface area contributed by atoms with Crippen LogP contribution in [0.25, 0.3) is 0 Å². The van der Waals surface area contributed by atoms with Crippen molar-refractivity contribution < 1.29 is 18.0 Å². The molecule has 1 N–H and O–H groups in total. The van der Waals surface area contributed by atoms with Crippen molar-refractivity contribution in [3.05, 3.63) is 59.2 Å². The third kappa shape index (κ3) is 5.46. The molecule has 2 amide bonds. The Balaban J connectivity index is 1.72. The highest BCUT2D eigenvalue weighted by Crippen LogP contribution is 2.28. The first-order valence-electron chi connectivity index (χ1n) is 9.85. The Hall–Kier alpha value is -2.71. The van der Waals surface area contributed by atoms with E-state index >= 15 is 0 Å². The molecule has 7 nitrogen and oxygen atoms in total. The van der Waals surface area contributed by atoms with Gasteiger partial charge >= 0.3 is 0 Å². The number of sulfonamides is 1. The molecule has 1 aliphatic rings. The van der Waals surface area contributed by atoms with E-state index in [1.165, 1.54) is 0 Å². The van der Waals surface area contributed by atoms with Crippen molar-refractivity contribution in [1.29, 1.82) is 0 Å². The lowest BCUT2D eigenvalue weighted by Crippen LogP contribution is -2.37. The summed E-state index contributed by atoms with van der Waals surface area (Å²) in [6.45, 7) is 4.36. The topological polar surface area (TPSA) is 86.8 Å². The fourth-order valence-corrected chi connectivity index (χ4v) is 4.16. The van der Waals surface area contributed by atoms with Gasteiger partial charge in [-0.25, -0.2) is 8.42 Å². The lowest BCUT2D eigenvalue weighted by molar-refractivity contribution is -0.117. The zero-order valence-corrected chi connectivity index (χ0v) is 18.3. The molecule has 0 bridgehead atoms. The summed E-state index contributed by atoms with van der Waals surface area (Å²) in [6.07, 6.45) is 2.44. The first kappa shape index (κ1) is 22.0. The number of aryl methyl sites for hydroxylation is 2. The number of anilines is 2. The zero-order chi connectivity index (χ0) is 21.9. The van der Waals surface area contributed by atoms with Gasteiger partial charge in [0.1, 0.15) is 0 Å². The molecular weight excluding hydrogens is 402 g/mol. The van der Waals surface area contributed by atoms with E-state index in [4.69, 9.17) is 0 Å². The second-order valence-electron chi connectivity index (χ2n) is 7.72. The van der Waals surface area contributed by atoms with Gasteiger partial charge in [0, 0.05) is 30.9 Å². The standard InChI is InChI=1S/C22H27N3O4S/c1-16-6-9-18(10-7-16)14-24(30(3,28)29)15-21(26)23-19-11-8-17(2)20(13-19)25-12-4-5-22(25)27/h6-11,13H,4-5,12,14-15H2,1-3H3,(H,23,26). The van der Waals surface area contributed by atoms with Crippen molar-refractivity contribution in [2.45, 2.75) is 33.2 Å². The second kappa shape index (κ2) is 8.97. The van der Waals surface area contributed by atoms with Crippen LogP contribution < -0.4 is 10.2 Å². The van der Waals surface area contributed by atoms with Crippen molar-refractivity contribution in [2.24, 2.45) is 0 Å². The lowest BCUT2D eigenvalue weighted by atomic mass is 10.1. The van der Waals surface area contributed by atoms with E-state index < -0.39 is 15.9 Å². The van der Waals surface area contributed by atoms with E-state index in [-0.39, 0.29) is 19.0 Å². The molecule has 2 aromatic carbocycles. The summed E-state index contributed by atoms with van der Waals surface area (Å²) in [6, 6.07) is 12.9. The van der Waals surface area contributed by atoms with Gasteiger partial charge in [-0.05, 0) is 43.5 Å². The Bertz CT molecular complexity index is 1050. The number of amides is 2. The molecule has 0 aliphatic carbocycles. The number of nitrogens with zero attached hydrogens (tertiary/aromatic N) is 2. The number of benzene rings is 2. The molecule has 0 aromatic heterocycles. The molecule has 8 heteroatoms. The second-order valence-corrected chi connectivity index (χ2v) is 9.70. The van der Waals surface area contributed by atoms with Crippen molar-refractivity contribution in [3.8, 4) is 0 Å². The highest BCUT2D eigenvalue weighted by Gasteiger charge is 2.24. The van der Waals surface area contributed by atoms with Gasteiger partial charge in [0.25, 0.3) is 0 Å². The maximum Gasteiger partial charge on any atom is 0.239 e. The number of hydrogen-bond acceptors (Lipinski definition) is 4. The molecule has 1 heterocycles. The summed E-state index contributed by atoms with van der Waals surface area (Å²) in [5, 5.41) is 2.76. The minimum absolute atomic E-state index is 0.0722. The van der Waals surface area contributed by atoms with Crippen LogP contribution in [0.5, 0.6) is 0 Å². The van der Waals surface area contributed by atoms with Crippen molar-refractivity contribution in [1.82, 2.24) is 4.31 Å². The minimum atomic E-state index is -3.58. The summed E-state index contributed by atoms with van der Waals surface area (Å²) in [7, 11) is -3.58. The van der Waals surface area contributed by atoms with Crippen molar-refractivity contribution in [3.63, 3.8) is 0 Å². The van der Waals surface area contributed by atoms with Gasteiger partial charge in [-0.15, -0.1) is 0 Å². The van der Waals surface area contributed by atoms with Crippen LogP contribution in [0.1, 0.15) is 29.5 Å². The molecule has 30 heavy (non-hydrogen) atoms. The van der Waals surface area contributed by atoms with Crippen LogP contribution in [-0.2, 0) is 26.2 Å². The van der Waals surface area contributed by atoms with Crippen molar-refractivity contribution >= 4 is 33.2 Å². The smallest absolute Gasteiger partial charge is 0.239 e. The number of hydrogen-bond donors (Lipinski definition) is 1. The maximum atomic E-state index is 12.6. The van der Waals surface area contributed by atoms with Crippen LogP contribution in [0, 0.1) is 13.8 Å². The molecule has 3 rings (SSSR count). The molecule has 1 aliphatic heterocycles. The van der Waals surface area contributed by atoms with E-state index in [1.54, 1.807) is 17.0 Å². The van der Waals surface area contributed by atoms with Crippen LogP contribution in [0.3, 0.4) is 0 Å². The van der Waals surface area contributed by atoms with Gasteiger partial charge in [-0.1, -0.05) is 35.9 Å². The third-order valence-corrected chi connectivity index (χ3v) is 6.32. The quantitative estimate of drug-likeness (QED) is 0.733. The lowest BCUT2D eigenvalue weighted by Gasteiger charge is -2.21. The van der Waals surface area contributed by atoms with Crippen LogP contribution in [-0.4, -0.2) is 43.9 Å². The fraction of sp³-hybridized carbons (Fsp3) is 0.364. The van der Waals surface area contributed by atoms with Crippen LogP contribution >= 0.6 is 0 Å². The maximum absolute atomic E-state index is 12.6. The Labute approximate surface area is 177 Å². The van der Waals surface area contributed by atoms with E-state index in [1.807, 2.05) is 44.2 Å².